The molecule has 0 aliphatic rings. The van der Waals surface area contributed by atoms with Gasteiger partial charge in [-0.1, -0.05) is 6.07 Å². The van der Waals surface area contributed by atoms with Gasteiger partial charge in [-0.2, -0.15) is 8.42 Å². The molecular weight excluding hydrogens is 450 g/mol. The highest BCUT2D eigenvalue weighted by Crippen LogP contribution is 2.38. The predicted molar refractivity (Wildman–Crippen MR) is 128 cm³/mol. The SMILES string of the molecule is CNc1ccc(-c2nc3ccc(-c4nc5ccc(C)c(S(=O)(=O)O)c5s4)cc3s2)cc1. The van der Waals surface area contributed by atoms with Crippen molar-refractivity contribution in [2.45, 2.75) is 11.8 Å². The summed E-state index contributed by atoms with van der Waals surface area (Å²) < 4.78 is 34.9. The van der Waals surface area contributed by atoms with Crippen molar-refractivity contribution in [3.63, 3.8) is 0 Å². The van der Waals surface area contributed by atoms with E-state index >= 15 is 0 Å². The Bertz CT molecular complexity index is 1550. The quantitative estimate of drug-likeness (QED) is 0.323. The van der Waals surface area contributed by atoms with E-state index in [1.807, 2.05) is 49.5 Å². The molecule has 31 heavy (non-hydrogen) atoms. The van der Waals surface area contributed by atoms with Crippen molar-refractivity contribution in [3.8, 4) is 21.1 Å². The fraction of sp³-hybridized carbons (Fsp3) is 0.0909. The molecule has 0 atom stereocenters. The van der Waals surface area contributed by atoms with Crippen LogP contribution in [0.5, 0.6) is 0 Å². The summed E-state index contributed by atoms with van der Waals surface area (Å²) in [6, 6.07) is 17.5. The Labute approximate surface area is 187 Å². The van der Waals surface area contributed by atoms with Gasteiger partial charge < -0.3 is 5.32 Å². The van der Waals surface area contributed by atoms with Crippen molar-refractivity contribution in [3.05, 3.63) is 60.2 Å². The summed E-state index contributed by atoms with van der Waals surface area (Å²) in [5.74, 6) is 0. The maximum absolute atomic E-state index is 11.9. The molecule has 3 aromatic carbocycles. The third kappa shape index (κ3) is 3.59. The summed E-state index contributed by atoms with van der Waals surface area (Å²) in [6.07, 6.45) is 0. The van der Waals surface area contributed by atoms with Gasteiger partial charge in [0.2, 0.25) is 0 Å². The number of nitrogens with zero attached hydrogens (tertiary/aromatic N) is 2. The number of thiazole rings is 2. The van der Waals surface area contributed by atoms with E-state index in [0.29, 0.717) is 20.8 Å². The molecule has 0 amide bonds. The Morgan fingerprint density at radius 1 is 0.871 bits per heavy atom. The van der Waals surface area contributed by atoms with Gasteiger partial charge in [0, 0.05) is 23.9 Å². The molecule has 0 aliphatic carbocycles. The lowest BCUT2D eigenvalue weighted by Gasteiger charge is -2.02. The zero-order valence-electron chi connectivity index (χ0n) is 16.6. The van der Waals surface area contributed by atoms with Crippen LogP contribution in [0, 0.1) is 6.92 Å². The van der Waals surface area contributed by atoms with Crippen molar-refractivity contribution in [2.24, 2.45) is 0 Å². The smallest absolute Gasteiger partial charge is 0.296 e. The largest absolute Gasteiger partial charge is 0.388 e. The lowest BCUT2D eigenvalue weighted by Crippen LogP contribution is -2.00. The molecule has 2 heterocycles. The van der Waals surface area contributed by atoms with E-state index in [9.17, 15) is 13.0 Å². The van der Waals surface area contributed by atoms with Crippen LogP contribution >= 0.6 is 22.7 Å². The summed E-state index contributed by atoms with van der Waals surface area (Å²) in [6.45, 7) is 1.66. The molecule has 9 heteroatoms. The minimum Gasteiger partial charge on any atom is -0.388 e. The highest BCUT2D eigenvalue weighted by molar-refractivity contribution is 7.86. The van der Waals surface area contributed by atoms with Gasteiger partial charge in [-0.15, -0.1) is 22.7 Å². The number of nitrogens with one attached hydrogen (secondary N) is 1. The molecule has 0 saturated heterocycles. The van der Waals surface area contributed by atoms with E-state index in [2.05, 4.69) is 10.3 Å². The fourth-order valence-corrected chi connectivity index (χ4v) is 6.79. The summed E-state index contributed by atoms with van der Waals surface area (Å²) >= 11 is 2.86. The van der Waals surface area contributed by atoms with Crippen LogP contribution in [0.4, 0.5) is 5.69 Å². The van der Waals surface area contributed by atoms with E-state index in [0.717, 1.165) is 32.0 Å². The van der Waals surface area contributed by atoms with Crippen molar-refractivity contribution < 1.29 is 13.0 Å². The third-order valence-electron chi connectivity index (χ3n) is 5.02. The second-order valence-corrected chi connectivity index (χ2v) is 10.5. The average Bonchev–Trinajstić information content (AvgIpc) is 3.36. The highest BCUT2D eigenvalue weighted by atomic mass is 32.2. The summed E-state index contributed by atoms with van der Waals surface area (Å²) in [5.41, 5.74) is 4.92. The summed E-state index contributed by atoms with van der Waals surface area (Å²) in [5, 5.41) is 4.74. The van der Waals surface area contributed by atoms with Gasteiger partial charge in [0.05, 0.1) is 20.4 Å². The Morgan fingerprint density at radius 3 is 2.23 bits per heavy atom. The minimum absolute atomic E-state index is 0.0695. The van der Waals surface area contributed by atoms with Crippen LogP contribution in [0.1, 0.15) is 5.56 Å². The normalized spacial score (nSPS) is 12.0. The van der Waals surface area contributed by atoms with Gasteiger partial charge in [-0.3, -0.25) is 4.55 Å². The van der Waals surface area contributed by atoms with Crippen molar-refractivity contribution >= 4 is 58.9 Å². The monoisotopic (exact) mass is 467 g/mol. The minimum atomic E-state index is -4.34. The second kappa shape index (κ2) is 7.38. The average molecular weight is 468 g/mol. The number of fused-ring (bicyclic) bond motifs is 2. The molecule has 5 aromatic rings. The number of aromatic nitrogens is 2. The molecule has 2 N–H and O–H groups in total. The third-order valence-corrected chi connectivity index (χ3v) is 8.40. The van der Waals surface area contributed by atoms with E-state index in [1.54, 1.807) is 30.4 Å². The maximum atomic E-state index is 11.9. The first-order chi connectivity index (χ1) is 14.8. The van der Waals surface area contributed by atoms with E-state index in [-0.39, 0.29) is 4.90 Å². The standard InChI is InChI=1S/C22H17N3O3S3/c1-12-3-9-17-19(20(12)31(26,27)28)30-22(25-17)14-6-10-16-18(11-14)29-21(24-16)13-4-7-15(23-2)8-5-13/h3-11,23H,1-2H3,(H,26,27,28). The predicted octanol–water partition coefficient (Wildman–Crippen LogP) is 5.84. The molecule has 6 nitrogen and oxygen atoms in total. The topological polar surface area (TPSA) is 92.2 Å². The molecule has 0 spiro atoms. The first-order valence-electron chi connectivity index (χ1n) is 9.40. The number of anilines is 1. The van der Waals surface area contributed by atoms with Crippen molar-refractivity contribution in [1.29, 1.82) is 0 Å². The first-order valence-corrected chi connectivity index (χ1v) is 12.5. The van der Waals surface area contributed by atoms with Gasteiger partial charge in [-0.25, -0.2) is 9.97 Å². The molecule has 0 unspecified atom stereocenters. The van der Waals surface area contributed by atoms with E-state index in [4.69, 9.17) is 4.98 Å². The number of rotatable bonds is 4. The zero-order valence-corrected chi connectivity index (χ0v) is 19.0. The molecule has 156 valence electrons. The van der Waals surface area contributed by atoms with Gasteiger partial charge in [0.25, 0.3) is 10.1 Å². The maximum Gasteiger partial charge on any atom is 0.296 e. The summed E-state index contributed by atoms with van der Waals surface area (Å²) in [4.78, 5) is 9.28. The Hall–Kier alpha value is -2.85. The molecule has 0 bridgehead atoms. The molecule has 5 rings (SSSR count). The number of hydrogen-bond donors (Lipinski definition) is 2. The molecule has 2 aromatic heterocycles. The van der Waals surface area contributed by atoms with E-state index < -0.39 is 10.1 Å². The Morgan fingerprint density at radius 2 is 1.52 bits per heavy atom. The van der Waals surface area contributed by atoms with Crippen LogP contribution < -0.4 is 5.32 Å². The van der Waals surface area contributed by atoms with Crippen molar-refractivity contribution in [1.82, 2.24) is 9.97 Å². The summed E-state index contributed by atoms with van der Waals surface area (Å²) in [7, 11) is -2.45. The highest BCUT2D eigenvalue weighted by Gasteiger charge is 2.21. The van der Waals surface area contributed by atoms with Crippen molar-refractivity contribution in [2.75, 3.05) is 12.4 Å². The lowest BCUT2D eigenvalue weighted by atomic mass is 10.2. The molecule has 0 aliphatic heterocycles. The van der Waals surface area contributed by atoms with Gasteiger partial charge in [0.1, 0.15) is 14.9 Å². The van der Waals surface area contributed by atoms with Crippen LogP contribution in [-0.4, -0.2) is 30.0 Å². The van der Waals surface area contributed by atoms with Gasteiger partial charge in [0.15, 0.2) is 0 Å². The number of benzene rings is 3. The number of aryl methyl sites for hydroxylation is 1. The zero-order chi connectivity index (χ0) is 21.8. The number of hydrogen-bond acceptors (Lipinski definition) is 7. The molecular formula is C22H17N3O3S3. The van der Waals surface area contributed by atoms with E-state index in [1.165, 1.54) is 11.3 Å². The molecule has 0 radical (unpaired) electrons. The van der Waals surface area contributed by atoms with Crippen LogP contribution in [0.15, 0.2) is 59.5 Å². The van der Waals surface area contributed by atoms with Crippen LogP contribution in [-0.2, 0) is 10.1 Å². The molecule has 0 saturated carbocycles. The Kier molecular flexibility index (Phi) is 4.78. The second-order valence-electron chi connectivity index (χ2n) is 7.08. The lowest BCUT2D eigenvalue weighted by molar-refractivity contribution is 0.484. The van der Waals surface area contributed by atoms with Gasteiger partial charge >= 0.3 is 0 Å². The van der Waals surface area contributed by atoms with Crippen LogP contribution in [0.2, 0.25) is 0 Å². The Balaban J connectivity index is 1.60. The fourth-order valence-electron chi connectivity index (χ4n) is 3.47. The van der Waals surface area contributed by atoms with Gasteiger partial charge in [-0.05, 0) is 61.0 Å². The van der Waals surface area contributed by atoms with Crippen LogP contribution in [0.25, 0.3) is 41.6 Å². The van der Waals surface area contributed by atoms with Crippen LogP contribution in [0.3, 0.4) is 0 Å². The molecule has 0 fully saturated rings. The first kappa shape index (κ1) is 20.1.